The van der Waals surface area contributed by atoms with Gasteiger partial charge in [0.05, 0.1) is 7.11 Å². The van der Waals surface area contributed by atoms with Gasteiger partial charge in [0.1, 0.15) is 11.5 Å². The number of hydrogen-bond donors (Lipinski definition) is 2. The lowest BCUT2D eigenvalue weighted by molar-refractivity contribution is -0.119. The monoisotopic (exact) mass is 271 g/mol. The van der Waals surface area contributed by atoms with E-state index in [-0.39, 0.29) is 17.7 Å². The first-order chi connectivity index (χ1) is 9.60. The van der Waals surface area contributed by atoms with E-state index in [1.165, 1.54) is 6.92 Å². The Labute approximate surface area is 117 Å². The van der Waals surface area contributed by atoms with Crippen LogP contribution in [0.5, 0.6) is 11.5 Å². The third-order valence-corrected chi connectivity index (χ3v) is 3.86. The number of benzene rings is 2. The van der Waals surface area contributed by atoms with Gasteiger partial charge in [-0.2, -0.15) is 0 Å². The summed E-state index contributed by atoms with van der Waals surface area (Å²) in [6.45, 7) is 1.51. The maximum Gasteiger partial charge on any atom is 0.217 e. The molecule has 1 atom stereocenters. The number of hydrogen-bond acceptors (Lipinski definition) is 3. The van der Waals surface area contributed by atoms with Crippen molar-refractivity contribution in [3.63, 3.8) is 0 Å². The first-order valence-corrected chi connectivity index (χ1v) is 6.67. The van der Waals surface area contributed by atoms with E-state index in [9.17, 15) is 9.90 Å². The van der Waals surface area contributed by atoms with Crippen molar-refractivity contribution < 1.29 is 14.6 Å². The lowest BCUT2D eigenvalue weighted by atomic mass is 9.84. The van der Waals surface area contributed by atoms with Gasteiger partial charge in [-0.15, -0.1) is 0 Å². The number of nitrogens with one attached hydrogen (secondary N) is 1. The van der Waals surface area contributed by atoms with Crippen molar-refractivity contribution in [2.45, 2.75) is 25.8 Å². The molecule has 0 saturated heterocycles. The predicted molar refractivity (Wildman–Crippen MR) is 77.2 cm³/mol. The third kappa shape index (κ3) is 1.97. The molecule has 1 aliphatic carbocycles. The average molecular weight is 271 g/mol. The number of methoxy groups -OCH3 is 1. The molecule has 4 nitrogen and oxygen atoms in total. The molecule has 0 bridgehead atoms. The Morgan fingerprint density at radius 1 is 1.25 bits per heavy atom. The summed E-state index contributed by atoms with van der Waals surface area (Å²) in [6, 6.07) is 7.56. The third-order valence-electron chi connectivity index (χ3n) is 3.86. The second-order valence-corrected chi connectivity index (χ2v) is 5.21. The van der Waals surface area contributed by atoms with Gasteiger partial charge in [0, 0.05) is 24.1 Å². The molecule has 2 aromatic rings. The molecule has 0 saturated carbocycles. The molecule has 0 fully saturated rings. The zero-order valence-electron chi connectivity index (χ0n) is 11.6. The largest absolute Gasteiger partial charge is 0.508 e. The van der Waals surface area contributed by atoms with E-state index in [1.54, 1.807) is 13.2 Å². The molecule has 2 aromatic carbocycles. The summed E-state index contributed by atoms with van der Waals surface area (Å²) >= 11 is 0. The fourth-order valence-corrected chi connectivity index (χ4v) is 3.09. The molecule has 104 valence electrons. The Morgan fingerprint density at radius 2 is 1.95 bits per heavy atom. The second-order valence-electron chi connectivity index (χ2n) is 5.21. The summed E-state index contributed by atoms with van der Waals surface area (Å²) in [5.74, 6) is 1.03. The van der Waals surface area contributed by atoms with Crippen molar-refractivity contribution in [3.05, 3.63) is 35.4 Å². The summed E-state index contributed by atoms with van der Waals surface area (Å²) in [4.78, 5) is 11.3. The van der Waals surface area contributed by atoms with Gasteiger partial charge in [-0.25, -0.2) is 0 Å². The van der Waals surface area contributed by atoms with E-state index in [1.807, 2.05) is 18.2 Å². The van der Waals surface area contributed by atoms with Gasteiger partial charge in [-0.05, 0) is 35.7 Å². The Kier molecular flexibility index (Phi) is 3.01. The number of amides is 1. The SMILES string of the molecule is COc1ccc2ccc(O)c3c2c1C[C@H](NC(C)=O)C3. The van der Waals surface area contributed by atoms with Gasteiger partial charge in [0.2, 0.25) is 5.91 Å². The number of phenolic OH excluding ortho intramolecular Hbond substituents is 1. The summed E-state index contributed by atoms with van der Waals surface area (Å²) in [5.41, 5.74) is 1.95. The van der Waals surface area contributed by atoms with Crippen molar-refractivity contribution in [1.29, 1.82) is 0 Å². The predicted octanol–water partition coefficient (Wildman–Crippen LogP) is 2.16. The van der Waals surface area contributed by atoms with E-state index >= 15 is 0 Å². The normalized spacial score (nSPS) is 17.0. The Balaban J connectivity index is 2.20. The van der Waals surface area contributed by atoms with Crippen LogP contribution in [0.15, 0.2) is 24.3 Å². The quantitative estimate of drug-likeness (QED) is 0.880. The highest BCUT2D eigenvalue weighted by Gasteiger charge is 2.26. The molecule has 2 N–H and O–H groups in total. The van der Waals surface area contributed by atoms with Crippen molar-refractivity contribution in [2.24, 2.45) is 0 Å². The lowest BCUT2D eigenvalue weighted by Crippen LogP contribution is -2.38. The summed E-state index contributed by atoms with van der Waals surface area (Å²) in [7, 11) is 1.64. The molecule has 0 heterocycles. The van der Waals surface area contributed by atoms with Gasteiger partial charge in [0.15, 0.2) is 0 Å². The van der Waals surface area contributed by atoms with Crippen LogP contribution in [0.1, 0.15) is 18.1 Å². The highest BCUT2D eigenvalue weighted by Crippen LogP contribution is 2.39. The van der Waals surface area contributed by atoms with Crippen molar-refractivity contribution in [3.8, 4) is 11.5 Å². The van der Waals surface area contributed by atoms with Crippen LogP contribution in [0.3, 0.4) is 0 Å². The summed E-state index contributed by atoms with van der Waals surface area (Å²) < 4.78 is 5.43. The van der Waals surface area contributed by atoms with Gasteiger partial charge in [-0.3, -0.25) is 4.79 Å². The zero-order chi connectivity index (χ0) is 14.3. The average Bonchev–Trinajstić information content (AvgIpc) is 2.42. The fraction of sp³-hybridized carbons (Fsp3) is 0.312. The van der Waals surface area contributed by atoms with Crippen LogP contribution in [0.4, 0.5) is 0 Å². The molecule has 0 aliphatic heterocycles. The van der Waals surface area contributed by atoms with Crippen molar-refractivity contribution in [2.75, 3.05) is 7.11 Å². The number of phenols is 1. The summed E-state index contributed by atoms with van der Waals surface area (Å²) in [6.07, 6.45) is 1.36. The molecule has 0 spiro atoms. The minimum Gasteiger partial charge on any atom is -0.508 e. The molecule has 1 amide bonds. The maximum absolute atomic E-state index is 11.3. The standard InChI is InChI=1S/C16H17NO3/c1-9(18)17-11-7-12-14(19)5-3-10-4-6-15(20-2)13(8-11)16(10)12/h3-6,11,19H,7-8H2,1-2H3,(H,17,18)/t11-/m1/s1. The first kappa shape index (κ1) is 12.8. The molecule has 3 rings (SSSR count). The van der Waals surface area contributed by atoms with Gasteiger partial charge in [-0.1, -0.05) is 12.1 Å². The smallest absolute Gasteiger partial charge is 0.217 e. The van der Waals surface area contributed by atoms with Crippen LogP contribution in [-0.4, -0.2) is 24.2 Å². The first-order valence-electron chi connectivity index (χ1n) is 6.67. The molecular weight excluding hydrogens is 254 g/mol. The van der Waals surface area contributed by atoms with E-state index in [0.29, 0.717) is 6.42 Å². The van der Waals surface area contributed by atoms with Crippen LogP contribution >= 0.6 is 0 Å². The van der Waals surface area contributed by atoms with Gasteiger partial charge >= 0.3 is 0 Å². The van der Waals surface area contributed by atoms with Gasteiger partial charge in [0.25, 0.3) is 0 Å². The number of rotatable bonds is 2. The van der Waals surface area contributed by atoms with Gasteiger partial charge < -0.3 is 15.2 Å². The fourth-order valence-electron chi connectivity index (χ4n) is 3.09. The van der Waals surface area contributed by atoms with Crippen LogP contribution in [0, 0.1) is 0 Å². The lowest BCUT2D eigenvalue weighted by Gasteiger charge is -2.27. The Hall–Kier alpha value is -2.23. The second kappa shape index (κ2) is 4.71. The molecule has 4 heteroatoms. The highest BCUT2D eigenvalue weighted by atomic mass is 16.5. The summed E-state index contributed by atoms with van der Waals surface area (Å²) in [5, 5.41) is 15.2. The van der Waals surface area contributed by atoms with Crippen molar-refractivity contribution >= 4 is 16.7 Å². The molecule has 0 radical (unpaired) electrons. The van der Waals surface area contributed by atoms with Crippen LogP contribution in [-0.2, 0) is 17.6 Å². The number of aromatic hydroxyl groups is 1. The van der Waals surface area contributed by atoms with E-state index in [0.717, 1.165) is 34.1 Å². The molecular formula is C16H17NO3. The van der Waals surface area contributed by atoms with Crippen LogP contribution < -0.4 is 10.1 Å². The van der Waals surface area contributed by atoms with E-state index < -0.39 is 0 Å². The minimum atomic E-state index is -0.0555. The van der Waals surface area contributed by atoms with E-state index in [2.05, 4.69) is 5.32 Å². The maximum atomic E-state index is 11.3. The van der Waals surface area contributed by atoms with Crippen LogP contribution in [0.25, 0.3) is 10.8 Å². The Bertz CT molecular complexity index is 694. The van der Waals surface area contributed by atoms with Crippen molar-refractivity contribution in [1.82, 2.24) is 5.32 Å². The highest BCUT2D eigenvalue weighted by molar-refractivity contribution is 5.93. The molecule has 1 aliphatic rings. The molecule has 20 heavy (non-hydrogen) atoms. The molecule has 0 aromatic heterocycles. The Morgan fingerprint density at radius 3 is 2.65 bits per heavy atom. The molecule has 0 unspecified atom stereocenters. The van der Waals surface area contributed by atoms with Crippen LogP contribution in [0.2, 0.25) is 0 Å². The number of ether oxygens (including phenoxy) is 1. The number of carbonyl (C=O) groups is 1. The topological polar surface area (TPSA) is 58.6 Å². The number of carbonyl (C=O) groups excluding carboxylic acids is 1. The van der Waals surface area contributed by atoms with E-state index in [4.69, 9.17) is 4.74 Å². The zero-order valence-corrected chi connectivity index (χ0v) is 11.6. The minimum absolute atomic E-state index is 0.00667.